The highest BCUT2D eigenvalue weighted by atomic mass is 79.9. The molecule has 1 nitrogen and oxygen atoms in total. The summed E-state index contributed by atoms with van der Waals surface area (Å²) < 4.78 is 36.6. The number of alkyl halides is 3. The van der Waals surface area contributed by atoms with E-state index in [2.05, 4.69) is 15.9 Å². The van der Waals surface area contributed by atoms with Gasteiger partial charge in [-0.1, -0.05) is 15.9 Å². The highest BCUT2D eigenvalue weighted by Crippen LogP contribution is 2.24. The molecule has 1 rings (SSSR count). The summed E-state index contributed by atoms with van der Waals surface area (Å²) in [5.41, 5.74) is 0. The molecule has 0 aliphatic heterocycles. The third kappa shape index (κ3) is 7.06. The molecular weight excluding hydrogens is 329 g/mol. The smallest absolute Gasteiger partial charge is 0.299 e. The summed E-state index contributed by atoms with van der Waals surface area (Å²) in [5.74, 6) is 0.0756. The molecule has 0 unspecified atom stereocenters. The number of ketones is 1. The number of rotatable bonds is 6. The zero-order valence-electron chi connectivity index (χ0n) is 9.47. The fourth-order valence-corrected chi connectivity index (χ4v) is 2.32. The summed E-state index contributed by atoms with van der Waals surface area (Å²) in [7, 11) is 0. The Morgan fingerprint density at radius 3 is 2.39 bits per heavy atom. The lowest BCUT2D eigenvalue weighted by Gasteiger charge is -2.05. The molecule has 0 radical (unpaired) electrons. The van der Waals surface area contributed by atoms with E-state index in [1.165, 1.54) is 11.8 Å². The van der Waals surface area contributed by atoms with Crippen molar-refractivity contribution >= 4 is 33.5 Å². The molecule has 0 spiro atoms. The molecule has 100 valence electrons. The second kappa shape index (κ2) is 7.19. The first-order valence-electron chi connectivity index (χ1n) is 5.33. The van der Waals surface area contributed by atoms with Crippen molar-refractivity contribution in [2.45, 2.75) is 30.3 Å². The molecule has 0 aliphatic carbocycles. The summed E-state index contributed by atoms with van der Waals surface area (Å²) in [4.78, 5) is 12.3. The zero-order chi connectivity index (χ0) is 13.6. The van der Waals surface area contributed by atoms with Gasteiger partial charge >= 0.3 is 6.18 Å². The van der Waals surface area contributed by atoms with E-state index < -0.39 is 12.6 Å². The van der Waals surface area contributed by atoms with Gasteiger partial charge in [-0.3, -0.25) is 4.79 Å². The quantitative estimate of drug-likeness (QED) is 0.689. The number of benzene rings is 1. The fourth-order valence-electron chi connectivity index (χ4n) is 1.25. The molecule has 0 N–H and O–H groups in total. The first-order chi connectivity index (χ1) is 8.37. The van der Waals surface area contributed by atoms with Crippen LogP contribution in [0.4, 0.5) is 13.2 Å². The number of carbonyl (C=O) groups excluding carboxylic acids is 1. The van der Waals surface area contributed by atoms with E-state index >= 15 is 0 Å². The molecule has 0 aliphatic rings. The van der Waals surface area contributed by atoms with Gasteiger partial charge < -0.3 is 0 Å². The van der Waals surface area contributed by atoms with E-state index in [9.17, 15) is 18.0 Å². The number of hydrogen-bond acceptors (Lipinski definition) is 2. The standard InChI is InChI=1S/C12H12BrF3OS/c13-9-3-5-11(6-4-9)18-8-10(17)2-1-7-12(14,15)16/h3-6H,1-2,7-8H2. The molecule has 1 aromatic carbocycles. The van der Waals surface area contributed by atoms with E-state index in [-0.39, 0.29) is 24.4 Å². The number of carbonyl (C=O) groups is 1. The van der Waals surface area contributed by atoms with Crippen molar-refractivity contribution in [2.75, 3.05) is 5.75 Å². The van der Waals surface area contributed by atoms with Crippen LogP contribution in [-0.4, -0.2) is 17.7 Å². The largest absolute Gasteiger partial charge is 0.389 e. The molecule has 1 aromatic rings. The number of Topliss-reactive ketones (excluding diaryl/α,β-unsaturated/α-hetero) is 1. The Hall–Kier alpha value is -0.490. The molecule has 0 fully saturated rings. The van der Waals surface area contributed by atoms with Crippen LogP contribution in [0.25, 0.3) is 0 Å². The van der Waals surface area contributed by atoms with Crippen LogP contribution >= 0.6 is 27.7 Å². The predicted molar refractivity (Wildman–Crippen MR) is 69.8 cm³/mol. The van der Waals surface area contributed by atoms with E-state index in [0.29, 0.717) is 0 Å². The highest BCUT2D eigenvalue weighted by Gasteiger charge is 2.26. The Morgan fingerprint density at radius 2 is 1.83 bits per heavy atom. The van der Waals surface area contributed by atoms with Gasteiger partial charge in [-0.2, -0.15) is 13.2 Å². The minimum absolute atomic E-state index is 0.0109. The number of hydrogen-bond donors (Lipinski definition) is 0. The monoisotopic (exact) mass is 340 g/mol. The van der Waals surface area contributed by atoms with Crippen molar-refractivity contribution in [3.8, 4) is 0 Å². The summed E-state index contributed by atoms with van der Waals surface area (Å²) in [5, 5.41) is 0. The Kier molecular flexibility index (Phi) is 6.21. The first-order valence-corrected chi connectivity index (χ1v) is 7.11. The molecular formula is C12H12BrF3OS. The normalized spacial score (nSPS) is 11.6. The van der Waals surface area contributed by atoms with Gasteiger partial charge in [0.1, 0.15) is 5.78 Å². The lowest BCUT2D eigenvalue weighted by molar-refractivity contribution is -0.136. The first kappa shape index (κ1) is 15.6. The fraction of sp³-hybridized carbons (Fsp3) is 0.417. The van der Waals surface area contributed by atoms with Gasteiger partial charge in [-0.25, -0.2) is 0 Å². The van der Waals surface area contributed by atoms with Gasteiger partial charge in [0.05, 0.1) is 5.75 Å². The van der Waals surface area contributed by atoms with Crippen LogP contribution in [0.15, 0.2) is 33.6 Å². The summed E-state index contributed by atoms with van der Waals surface area (Å²) in [6.07, 6.45) is -5.19. The van der Waals surface area contributed by atoms with Crippen LogP contribution in [0.5, 0.6) is 0 Å². The third-order valence-electron chi connectivity index (χ3n) is 2.13. The van der Waals surface area contributed by atoms with Gasteiger partial charge in [-0.05, 0) is 30.7 Å². The van der Waals surface area contributed by atoms with Gasteiger partial charge in [0.25, 0.3) is 0 Å². The van der Waals surface area contributed by atoms with Crippen molar-refractivity contribution in [1.29, 1.82) is 0 Å². The summed E-state index contributed by atoms with van der Waals surface area (Å²) in [6, 6.07) is 7.43. The maximum absolute atomic E-state index is 11.9. The molecule has 0 aromatic heterocycles. The van der Waals surface area contributed by atoms with E-state index in [1.54, 1.807) is 0 Å². The lowest BCUT2D eigenvalue weighted by atomic mass is 10.2. The predicted octanol–water partition coefficient (Wildman–Crippen LogP) is 4.84. The Labute approximate surface area is 116 Å². The molecule has 0 saturated heterocycles. The minimum Gasteiger partial charge on any atom is -0.299 e. The van der Waals surface area contributed by atoms with Crippen LogP contribution < -0.4 is 0 Å². The van der Waals surface area contributed by atoms with Crippen LogP contribution in [-0.2, 0) is 4.79 Å². The molecule has 0 atom stereocenters. The van der Waals surface area contributed by atoms with Crippen LogP contribution in [0.2, 0.25) is 0 Å². The molecule has 0 amide bonds. The average molecular weight is 341 g/mol. The van der Waals surface area contributed by atoms with Crippen molar-refractivity contribution in [3.63, 3.8) is 0 Å². The Balaban J connectivity index is 2.23. The lowest BCUT2D eigenvalue weighted by Crippen LogP contribution is -2.09. The average Bonchev–Trinajstić information content (AvgIpc) is 2.26. The topological polar surface area (TPSA) is 17.1 Å². The van der Waals surface area contributed by atoms with Crippen molar-refractivity contribution in [3.05, 3.63) is 28.7 Å². The van der Waals surface area contributed by atoms with Crippen LogP contribution in [0.3, 0.4) is 0 Å². The van der Waals surface area contributed by atoms with Gasteiger partial charge in [-0.15, -0.1) is 11.8 Å². The van der Waals surface area contributed by atoms with Crippen LogP contribution in [0.1, 0.15) is 19.3 Å². The highest BCUT2D eigenvalue weighted by molar-refractivity contribution is 9.10. The van der Waals surface area contributed by atoms with E-state index in [4.69, 9.17) is 0 Å². The maximum Gasteiger partial charge on any atom is 0.389 e. The van der Waals surface area contributed by atoms with Crippen LogP contribution in [0, 0.1) is 0 Å². The van der Waals surface area contributed by atoms with Gasteiger partial charge in [0.2, 0.25) is 0 Å². The van der Waals surface area contributed by atoms with E-state index in [1.807, 2.05) is 24.3 Å². The third-order valence-corrected chi connectivity index (χ3v) is 3.73. The SMILES string of the molecule is O=C(CCCC(F)(F)F)CSc1ccc(Br)cc1. The molecule has 0 saturated carbocycles. The number of thioether (sulfide) groups is 1. The Bertz CT molecular complexity index is 389. The van der Waals surface area contributed by atoms with Gasteiger partial charge in [0, 0.05) is 22.2 Å². The molecule has 18 heavy (non-hydrogen) atoms. The van der Waals surface area contributed by atoms with E-state index in [0.717, 1.165) is 9.37 Å². The van der Waals surface area contributed by atoms with Crippen molar-refractivity contribution < 1.29 is 18.0 Å². The molecule has 0 bridgehead atoms. The molecule has 0 heterocycles. The van der Waals surface area contributed by atoms with Gasteiger partial charge in [0.15, 0.2) is 0 Å². The minimum atomic E-state index is -4.17. The summed E-state index contributed by atoms with van der Waals surface area (Å²) >= 11 is 4.64. The van der Waals surface area contributed by atoms with Crippen molar-refractivity contribution in [1.82, 2.24) is 0 Å². The second-order valence-corrected chi connectivity index (χ2v) is 5.71. The number of halogens is 4. The molecule has 6 heteroatoms. The summed E-state index contributed by atoms with van der Waals surface area (Å²) in [6.45, 7) is 0. The Morgan fingerprint density at radius 1 is 1.22 bits per heavy atom. The zero-order valence-corrected chi connectivity index (χ0v) is 11.9. The van der Waals surface area contributed by atoms with Crippen molar-refractivity contribution in [2.24, 2.45) is 0 Å². The second-order valence-electron chi connectivity index (χ2n) is 3.75. The maximum atomic E-state index is 11.9.